The normalized spacial score (nSPS) is 24.1. The molecule has 2 aliphatic rings. The minimum absolute atomic E-state index is 0.598. The number of hydrogen-bond acceptors (Lipinski definition) is 6. The molecule has 4 heterocycles. The van der Waals surface area contributed by atoms with Gasteiger partial charge in [0.25, 0.3) is 0 Å². The van der Waals surface area contributed by atoms with Gasteiger partial charge in [-0.2, -0.15) is 0 Å². The van der Waals surface area contributed by atoms with Crippen LogP contribution in [0, 0.1) is 6.92 Å². The molecule has 29 heavy (non-hydrogen) atoms. The van der Waals surface area contributed by atoms with E-state index in [0.717, 1.165) is 42.0 Å². The molecule has 0 aromatic carbocycles. The van der Waals surface area contributed by atoms with E-state index in [1.165, 1.54) is 54.5 Å². The second kappa shape index (κ2) is 8.38. The number of nitrogens with zero attached hydrogens (tertiary/aromatic N) is 4. The number of thiol groups is 1. The van der Waals surface area contributed by atoms with Crippen molar-refractivity contribution in [1.82, 2.24) is 18.8 Å². The molecule has 0 N–H and O–H groups in total. The maximum Gasteiger partial charge on any atom is 0.150 e. The summed E-state index contributed by atoms with van der Waals surface area (Å²) in [6.07, 6.45) is 12.2. The summed E-state index contributed by atoms with van der Waals surface area (Å²) in [4.78, 5) is 13.2. The number of hydrogen-bond donors (Lipinski definition) is 1. The molecule has 1 saturated carbocycles. The minimum Gasteiger partial charge on any atom is -0.380 e. The van der Waals surface area contributed by atoms with Crippen LogP contribution >= 0.6 is 24.2 Å². The van der Waals surface area contributed by atoms with Gasteiger partial charge in [-0.15, -0.1) is 11.3 Å². The standard InChI is InChI=1S/C22H28N4OS2/c1-15-12-24-22(29-15)20-14-26(28)21-19(20)11-17(13-23-21)16-3-5-18(6-4-16)25-7-2-9-27-10-8-25/h11-14,16,18,28H,2-10H2,1H3. The van der Waals surface area contributed by atoms with Gasteiger partial charge in [0, 0.05) is 60.2 Å². The third-order valence-corrected chi connectivity index (χ3v) is 7.69. The van der Waals surface area contributed by atoms with Crippen molar-refractivity contribution < 1.29 is 4.74 Å². The largest absolute Gasteiger partial charge is 0.380 e. The highest BCUT2D eigenvalue weighted by Gasteiger charge is 2.28. The average Bonchev–Trinajstić information content (AvgIpc) is 3.19. The topological polar surface area (TPSA) is 43.2 Å². The van der Waals surface area contributed by atoms with E-state index in [1.807, 2.05) is 16.4 Å². The molecule has 0 amide bonds. The molecule has 2 fully saturated rings. The molecule has 0 unspecified atom stereocenters. The lowest BCUT2D eigenvalue weighted by Crippen LogP contribution is -2.39. The average molecular weight is 429 g/mol. The van der Waals surface area contributed by atoms with Gasteiger partial charge in [0.1, 0.15) is 10.7 Å². The molecule has 3 aromatic rings. The third-order valence-electron chi connectivity index (χ3n) is 6.44. The zero-order valence-corrected chi connectivity index (χ0v) is 18.6. The van der Waals surface area contributed by atoms with Crippen LogP contribution in [-0.2, 0) is 4.74 Å². The van der Waals surface area contributed by atoms with Gasteiger partial charge < -0.3 is 4.74 Å². The molecule has 0 bridgehead atoms. The maximum absolute atomic E-state index is 5.64. The molecule has 5 rings (SSSR count). The Balaban J connectivity index is 1.36. The number of aryl methyl sites for hydroxylation is 1. The highest BCUT2D eigenvalue weighted by Crippen LogP contribution is 2.38. The number of rotatable bonds is 3. The van der Waals surface area contributed by atoms with Crippen LogP contribution in [0.15, 0.2) is 24.7 Å². The fraction of sp³-hybridized carbons (Fsp3) is 0.545. The molecule has 7 heteroatoms. The Bertz CT molecular complexity index is 982. The van der Waals surface area contributed by atoms with Crippen LogP contribution in [0.25, 0.3) is 21.6 Å². The Morgan fingerprint density at radius 2 is 1.97 bits per heavy atom. The fourth-order valence-corrected chi connectivity index (χ4v) is 5.95. The molecule has 0 spiro atoms. The molecule has 1 aliphatic carbocycles. The predicted octanol–water partition coefficient (Wildman–Crippen LogP) is 4.91. The van der Waals surface area contributed by atoms with Crippen molar-refractivity contribution in [2.75, 3.05) is 26.3 Å². The number of ether oxygens (including phenoxy) is 1. The first kappa shape index (κ1) is 19.5. The summed E-state index contributed by atoms with van der Waals surface area (Å²) in [5.74, 6) is 0.598. The predicted molar refractivity (Wildman–Crippen MR) is 122 cm³/mol. The van der Waals surface area contributed by atoms with Gasteiger partial charge >= 0.3 is 0 Å². The van der Waals surface area contributed by atoms with E-state index in [4.69, 9.17) is 9.72 Å². The van der Waals surface area contributed by atoms with E-state index < -0.39 is 0 Å². The van der Waals surface area contributed by atoms with Crippen molar-refractivity contribution in [3.8, 4) is 10.6 Å². The Labute approximate surface area is 181 Å². The van der Waals surface area contributed by atoms with E-state index >= 15 is 0 Å². The number of aromatic nitrogens is 3. The van der Waals surface area contributed by atoms with Gasteiger partial charge in [0.2, 0.25) is 0 Å². The summed E-state index contributed by atoms with van der Waals surface area (Å²) in [6.45, 7) is 6.19. The van der Waals surface area contributed by atoms with Gasteiger partial charge in [-0.25, -0.2) is 9.97 Å². The van der Waals surface area contributed by atoms with Crippen LogP contribution < -0.4 is 0 Å². The molecule has 3 aromatic heterocycles. The lowest BCUT2D eigenvalue weighted by atomic mass is 9.81. The zero-order chi connectivity index (χ0) is 19.8. The molecule has 5 nitrogen and oxygen atoms in total. The van der Waals surface area contributed by atoms with Crippen LogP contribution in [0.3, 0.4) is 0 Å². The van der Waals surface area contributed by atoms with Crippen molar-refractivity contribution in [2.24, 2.45) is 0 Å². The molecular weight excluding hydrogens is 400 g/mol. The summed E-state index contributed by atoms with van der Waals surface area (Å²) >= 11 is 6.31. The third kappa shape index (κ3) is 3.98. The number of thiazole rings is 1. The van der Waals surface area contributed by atoms with Crippen molar-refractivity contribution in [1.29, 1.82) is 0 Å². The summed E-state index contributed by atoms with van der Waals surface area (Å²) in [5.41, 5.74) is 3.42. The number of fused-ring (bicyclic) bond motifs is 1. The Kier molecular flexibility index (Phi) is 5.65. The summed E-state index contributed by atoms with van der Waals surface area (Å²) < 4.78 is 7.46. The van der Waals surface area contributed by atoms with Gasteiger partial charge in [0.15, 0.2) is 0 Å². The Hall–Kier alpha value is -1.41. The van der Waals surface area contributed by atoms with Crippen molar-refractivity contribution in [3.63, 3.8) is 0 Å². The molecule has 0 radical (unpaired) electrons. The van der Waals surface area contributed by atoms with Gasteiger partial charge in [-0.05, 0) is 56.6 Å². The van der Waals surface area contributed by atoms with Gasteiger partial charge in [0.05, 0.1) is 6.61 Å². The van der Waals surface area contributed by atoms with Crippen LogP contribution in [0.4, 0.5) is 0 Å². The van der Waals surface area contributed by atoms with E-state index in [-0.39, 0.29) is 0 Å². The smallest absolute Gasteiger partial charge is 0.150 e. The summed E-state index contributed by atoms with van der Waals surface area (Å²) in [7, 11) is 0. The van der Waals surface area contributed by atoms with Crippen molar-refractivity contribution >= 4 is 35.2 Å². The maximum atomic E-state index is 5.64. The summed E-state index contributed by atoms with van der Waals surface area (Å²) in [6, 6.07) is 3.06. The Morgan fingerprint density at radius 3 is 2.76 bits per heavy atom. The monoisotopic (exact) mass is 428 g/mol. The molecule has 154 valence electrons. The van der Waals surface area contributed by atoms with Crippen LogP contribution in [0.5, 0.6) is 0 Å². The second-order valence-corrected chi connectivity index (χ2v) is 9.98. The molecular formula is C22H28N4OS2. The fourth-order valence-electron chi connectivity index (χ4n) is 4.89. The second-order valence-electron chi connectivity index (χ2n) is 8.31. The minimum atomic E-state index is 0.598. The lowest BCUT2D eigenvalue weighted by Gasteiger charge is -2.36. The summed E-state index contributed by atoms with van der Waals surface area (Å²) in [5, 5.41) is 2.21. The first-order valence-electron chi connectivity index (χ1n) is 10.6. The van der Waals surface area contributed by atoms with E-state index in [9.17, 15) is 0 Å². The lowest BCUT2D eigenvalue weighted by molar-refractivity contribution is 0.118. The van der Waals surface area contributed by atoms with E-state index in [2.05, 4.69) is 41.9 Å². The first-order chi connectivity index (χ1) is 14.2. The molecule has 0 atom stereocenters. The molecule has 1 saturated heterocycles. The highest BCUT2D eigenvalue weighted by molar-refractivity contribution is 7.78. The first-order valence-corrected chi connectivity index (χ1v) is 11.9. The SMILES string of the molecule is Cc1cnc(-c2cn(S)c3ncc(C4CCC(N5CCCOCC5)CC4)cc23)s1. The van der Waals surface area contributed by atoms with Crippen LogP contribution in [-0.4, -0.2) is 51.2 Å². The van der Waals surface area contributed by atoms with E-state index in [1.54, 1.807) is 11.3 Å². The van der Waals surface area contributed by atoms with Crippen molar-refractivity contribution in [2.45, 2.75) is 51.0 Å². The van der Waals surface area contributed by atoms with Crippen LogP contribution in [0.2, 0.25) is 0 Å². The zero-order valence-electron chi connectivity index (χ0n) is 16.9. The van der Waals surface area contributed by atoms with Gasteiger partial charge in [-0.1, -0.05) is 12.8 Å². The van der Waals surface area contributed by atoms with E-state index in [0.29, 0.717) is 5.92 Å². The Morgan fingerprint density at radius 1 is 1.10 bits per heavy atom. The number of pyridine rings is 1. The quantitative estimate of drug-likeness (QED) is 0.602. The molecule has 1 aliphatic heterocycles. The van der Waals surface area contributed by atoms with Crippen molar-refractivity contribution in [3.05, 3.63) is 35.1 Å². The van der Waals surface area contributed by atoms with Gasteiger partial charge in [-0.3, -0.25) is 8.87 Å². The highest BCUT2D eigenvalue weighted by atomic mass is 32.1. The van der Waals surface area contributed by atoms with Crippen LogP contribution in [0.1, 0.15) is 48.5 Å².